The number of halogens is 1. The Morgan fingerprint density at radius 2 is 1.97 bits per heavy atom. The number of fused-ring (bicyclic) bond motifs is 4. The summed E-state index contributed by atoms with van der Waals surface area (Å²) in [7, 11) is 0. The average Bonchev–Trinajstić information content (AvgIpc) is 3.22. The molecular weight excluding hydrogens is 430 g/mol. The fraction of sp³-hybridized carbons (Fsp3) is 0.227. The second-order valence-corrected chi connectivity index (χ2v) is 7.66. The van der Waals surface area contributed by atoms with Crippen LogP contribution in [0.1, 0.15) is 29.3 Å². The zero-order chi connectivity index (χ0) is 21.3. The van der Waals surface area contributed by atoms with Gasteiger partial charge in [-0.2, -0.15) is 0 Å². The van der Waals surface area contributed by atoms with Crippen molar-refractivity contribution in [1.29, 1.82) is 0 Å². The van der Waals surface area contributed by atoms with Crippen LogP contribution in [0.15, 0.2) is 46.5 Å². The summed E-state index contributed by atoms with van der Waals surface area (Å²) in [5.74, 6) is -3.71. The predicted octanol–water partition coefficient (Wildman–Crippen LogP) is -1.26. The fourth-order valence-corrected chi connectivity index (χ4v) is 4.71. The van der Waals surface area contributed by atoms with Crippen molar-refractivity contribution in [3.05, 3.63) is 53.2 Å². The number of carboxylic acids is 1. The third-order valence-electron chi connectivity index (χ3n) is 5.99. The van der Waals surface area contributed by atoms with Crippen molar-refractivity contribution < 1.29 is 79.7 Å². The second kappa shape index (κ2) is 7.82. The Bertz CT molecular complexity index is 1310. The molecule has 2 aliphatic heterocycles. The Morgan fingerprint density at radius 1 is 1.26 bits per heavy atom. The van der Waals surface area contributed by atoms with Gasteiger partial charge < -0.3 is 25.0 Å². The number of alkyl halides is 1. The molecule has 31 heavy (non-hydrogen) atoms. The molecule has 0 aliphatic carbocycles. The standard InChI is InChI=1S/C22H17FN2O5.K/c1-9(23)17-14-8-12(19(22(28)29)25(14)21(17)27)10-6-13(20(24)26)18-11-4-2-3-5-15(11)30-16(18)7-10;/h2-7,9,14,17H,8H2,1H3,(H2,24,26)(H,28,29);/q;+1/p-1/t9-,14-,17-;/m1./s1. The normalized spacial score (nSPS) is 21.1. The van der Waals surface area contributed by atoms with Gasteiger partial charge in [-0.15, -0.1) is 0 Å². The monoisotopic (exact) mass is 446 g/mol. The molecule has 7 nitrogen and oxygen atoms in total. The van der Waals surface area contributed by atoms with E-state index < -0.39 is 35.9 Å². The van der Waals surface area contributed by atoms with Gasteiger partial charge in [-0.3, -0.25) is 9.59 Å². The maximum Gasteiger partial charge on any atom is 1.00 e. The number of carbonyl (C=O) groups excluding carboxylic acids is 3. The maximum atomic E-state index is 13.9. The average molecular weight is 446 g/mol. The van der Waals surface area contributed by atoms with Gasteiger partial charge in [-0.1, -0.05) is 18.2 Å². The van der Waals surface area contributed by atoms with Gasteiger partial charge in [0, 0.05) is 10.8 Å². The van der Waals surface area contributed by atoms with Gasteiger partial charge in [0.25, 0.3) is 0 Å². The van der Waals surface area contributed by atoms with Crippen molar-refractivity contribution in [1.82, 2.24) is 4.90 Å². The summed E-state index contributed by atoms with van der Waals surface area (Å²) >= 11 is 0. The number of hydrogen-bond donors (Lipinski definition) is 1. The minimum atomic E-state index is -1.53. The van der Waals surface area contributed by atoms with Gasteiger partial charge in [0.2, 0.25) is 11.8 Å². The van der Waals surface area contributed by atoms with Crippen LogP contribution in [0.3, 0.4) is 0 Å². The van der Waals surface area contributed by atoms with Crippen LogP contribution in [0.25, 0.3) is 27.5 Å². The van der Waals surface area contributed by atoms with E-state index in [9.17, 15) is 23.9 Å². The summed E-state index contributed by atoms with van der Waals surface area (Å²) < 4.78 is 19.7. The molecule has 1 fully saturated rings. The van der Waals surface area contributed by atoms with Crippen LogP contribution in [0, 0.1) is 5.92 Å². The first-order valence-corrected chi connectivity index (χ1v) is 9.46. The number of para-hydroxylation sites is 1. The van der Waals surface area contributed by atoms with Crippen molar-refractivity contribution in [3.8, 4) is 0 Å². The summed E-state index contributed by atoms with van der Waals surface area (Å²) in [4.78, 5) is 37.5. The first kappa shape index (κ1) is 22.2. The Morgan fingerprint density at radius 3 is 2.61 bits per heavy atom. The maximum absolute atomic E-state index is 13.9. The molecule has 2 amide bonds. The number of nitrogens with zero attached hydrogens (tertiary/aromatic N) is 1. The van der Waals surface area contributed by atoms with Crippen molar-refractivity contribution >= 4 is 45.3 Å². The van der Waals surface area contributed by atoms with Crippen molar-refractivity contribution in [2.24, 2.45) is 11.7 Å². The van der Waals surface area contributed by atoms with E-state index in [-0.39, 0.29) is 69.1 Å². The van der Waals surface area contributed by atoms with Gasteiger partial charge in [0.15, 0.2) is 0 Å². The van der Waals surface area contributed by atoms with Gasteiger partial charge >= 0.3 is 51.4 Å². The minimum absolute atomic E-state index is 0. The number of carboxylic acid groups (broad SMARTS) is 1. The quantitative estimate of drug-likeness (QED) is 0.397. The SMILES string of the molecule is C[C@@H](F)[C@H]1C(=O)N2C(C(=O)[O-])=C(c3cc(C(N)=O)c4c(c3)oc3ccccc34)C[C@H]12.[K+]. The van der Waals surface area contributed by atoms with Crippen LogP contribution in [0.5, 0.6) is 0 Å². The predicted molar refractivity (Wildman–Crippen MR) is 103 cm³/mol. The first-order valence-electron chi connectivity index (χ1n) is 9.46. The molecule has 152 valence electrons. The number of furan rings is 1. The number of rotatable bonds is 4. The molecule has 2 aromatic carbocycles. The number of β-lactam (4-membered cyclic amide) rings is 1. The Hall–Kier alpha value is -2.04. The Kier molecular flexibility index (Phi) is 5.59. The van der Waals surface area contributed by atoms with Gasteiger partial charge in [0.1, 0.15) is 17.3 Å². The number of hydrogen-bond acceptors (Lipinski definition) is 5. The summed E-state index contributed by atoms with van der Waals surface area (Å²) in [6.07, 6.45) is -1.27. The molecular formula is C22H16FKN2O5. The molecule has 5 rings (SSSR count). The molecule has 1 saturated heterocycles. The van der Waals surface area contributed by atoms with E-state index in [0.29, 0.717) is 33.1 Å². The number of amides is 2. The topological polar surface area (TPSA) is 117 Å². The van der Waals surface area contributed by atoms with E-state index in [1.54, 1.807) is 30.3 Å². The number of primary amides is 1. The fourth-order valence-electron chi connectivity index (χ4n) is 4.71. The smallest absolute Gasteiger partial charge is 0.543 e. The molecule has 3 atom stereocenters. The molecule has 0 unspecified atom stereocenters. The summed E-state index contributed by atoms with van der Waals surface area (Å²) in [6, 6.07) is 9.66. The molecule has 2 aliphatic rings. The van der Waals surface area contributed by atoms with E-state index in [4.69, 9.17) is 10.2 Å². The van der Waals surface area contributed by atoms with Crippen molar-refractivity contribution in [2.75, 3.05) is 0 Å². The van der Waals surface area contributed by atoms with E-state index in [0.717, 1.165) is 4.90 Å². The van der Waals surface area contributed by atoms with Crippen LogP contribution >= 0.6 is 0 Å². The molecule has 9 heteroatoms. The molecule has 3 heterocycles. The third kappa shape index (κ3) is 3.18. The third-order valence-corrected chi connectivity index (χ3v) is 5.99. The van der Waals surface area contributed by atoms with Crippen LogP contribution in [0.4, 0.5) is 4.39 Å². The summed E-state index contributed by atoms with van der Waals surface area (Å²) in [6.45, 7) is 1.28. The van der Waals surface area contributed by atoms with Crippen LogP contribution in [-0.2, 0) is 9.59 Å². The molecule has 2 N–H and O–H groups in total. The first-order chi connectivity index (χ1) is 14.3. The van der Waals surface area contributed by atoms with Crippen LogP contribution in [-0.4, -0.2) is 34.9 Å². The minimum Gasteiger partial charge on any atom is -0.543 e. The van der Waals surface area contributed by atoms with Crippen molar-refractivity contribution in [2.45, 2.75) is 25.6 Å². The Labute approximate surface area is 218 Å². The van der Waals surface area contributed by atoms with E-state index in [2.05, 4.69) is 0 Å². The van der Waals surface area contributed by atoms with Gasteiger partial charge in [0.05, 0.1) is 29.2 Å². The zero-order valence-electron chi connectivity index (χ0n) is 16.8. The number of nitrogens with two attached hydrogens (primary N) is 1. The number of benzene rings is 2. The number of carbonyl (C=O) groups is 3. The van der Waals surface area contributed by atoms with Crippen molar-refractivity contribution in [3.63, 3.8) is 0 Å². The molecule has 0 spiro atoms. The molecule has 0 saturated carbocycles. The van der Waals surface area contributed by atoms with Gasteiger partial charge in [-0.05, 0) is 42.7 Å². The molecule has 0 bridgehead atoms. The Balaban J connectivity index is 0.00000231. The summed E-state index contributed by atoms with van der Waals surface area (Å²) in [5.41, 5.74) is 7.07. The van der Waals surface area contributed by atoms with Crippen LogP contribution < -0.4 is 62.2 Å². The van der Waals surface area contributed by atoms with Crippen LogP contribution in [0.2, 0.25) is 0 Å². The molecule has 1 aromatic heterocycles. The largest absolute Gasteiger partial charge is 1.00 e. The number of aliphatic carboxylic acids is 1. The summed E-state index contributed by atoms with van der Waals surface area (Å²) in [5, 5.41) is 13.1. The van der Waals surface area contributed by atoms with E-state index in [1.807, 2.05) is 0 Å². The van der Waals surface area contributed by atoms with E-state index >= 15 is 0 Å². The van der Waals surface area contributed by atoms with E-state index in [1.165, 1.54) is 13.0 Å². The zero-order valence-corrected chi connectivity index (χ0v) is 20.0. The molecule has 0 radical (unpaired) electrons. The van der Waals surface area contributed by atoms with Gasteiger partial charge in [-0.25, -0.2) is 4.39 Å². The second-order valence-electron chi connectivity index (χ2n) is 7.66. The molecule has 3 aromatic rings.